The second-order valence-corrected chi connectivity index (χ2v) is 8.79. The van der Waals surface area contributed by atoms with E-state index in [9.17, 15) is 13.2 Å². The number of ether oxygens (including phenoxy) is 3. The number of anilines is 1. The summed E-state index contributed by atoms with van der Waals surface area (Å²) in [6.45, 7) is 0.998. The summed E-state index contributed by atoms with van der Waals surface area (Å²) in [6, 6.07) is 9.28. The summed E-state index contributed by atoms with van der Waals surface area (Å²) in [5.41, 5.74) is 0.545. The van der Waals surface area contributed by atoms with E-state index in [1.54, 1.807) is 18.2 Å². The van der Waals surface area contributed by atoms with Gasteiger partial charge in [-0.2, -0.15) is 4.31 Å². The molecule has 1 heterocycles. The van der Waals surface area contributed by atoms with Gasteiger partial charge in [-0.25, -0.2) is 8.42 Å². The van der Waals surface area contributed by atoms with Gasteiger partial charge in [0.25, 0.3) is 5.91 Å². The quantitative estimate of drug-likeness (QED) is 0.720. The summed E-state index contributed by atoms with van der Waals surface area (Å²) < 4.78 is 43.2. The minimum atomic E-state index is -3.65. The highest BCUT2D eigenvalue weighted by Gasteiger charge is 2.27. The molecule has 1 N–H and O–H groups in total. The molecule has 0 unspecified atom stereocenters. The number of amides is 1. The van der Waals surface area contributed by atoms with Crippen LogP contribution < -0.4 is 19.5 Å². The van der Waals surface area contributed by atoms with Crippen LogP contribution in [0.2, 0.25) is 0 Å². The third kappa shape index (κ3) is 4.52. The topological polar surface area (TPSA) is 94.2 Å². The molecule has 1 aliphatic heterocycles. The fourth-order valence-electron chi connectivity index (χ4n) is 3.38. The zero-order valence-corrected chi connectivity index (χ0v) is 18.1. The van der Waals surface area contributed by atoms with Crippen LogP contribution in [0.1, 0.15) is 29.6 Å². The first kappa shape index (κ1) is 21.9. The van der Waals surface area contributed by atoms with Crippen molar-refractivity contribution in [1.82, 2.24) is 4.31 Å². The normalized spacial score (nSPS) is 14.8. The van der Waals surface area contributed by atoms with Crippen molar-refractivity contribution >= 4 is 21.6 Å². The zero-order chi connectivity index (χ0) is 21.7. The van der Waals surface area contributed by atoms with Gasteiger partial charge in [0.1, 0.15) is 17.2 Å². The number of benzene rings is 2. The Bertz CT molecular complexity index is 1020. The minimum Gasteiger partial charge on any atom is -0.497 e. The number of piperidine rings is 1. The van der Waals surface area contributed by atoms with Crippen molar-refractivity contribution in [2.75, 3.05) is 39.7 Å². The van der Waals surface area contributed by atoms with E-state index in [1.165, 1.54) is 43.8 Å². The fraction of sp³-hybridized carbons (Fsp3) is 0.381. The molecule has 0 radical (unpaired) electrons. The van der Waals surface area contributed by atoms with E-state index in [4.69, 9.17) is 14.2 Å². The largest absolute Gasteiger partial charge is 0.497 e. The van der Waals surface area contributed by atoms with Gasteiger partial charge in [0.15, 0.2) is 0 Å². The van der Waals surface area contributed by atoms with E-state index in [0.717, 1.165) is 19.3 Å². The molecule has 1 saturated heterocycles. The lowest BCUT2D eigenvalue weighted by molar-refractivity contribution is 0.102. The van der Waals surface area contributed by atoms with Crippen LogP contribution in [-0.2, 0) is 10.0 Å². The van der Waals surface area contributed by atoms with Crippen LogP contribution in [0.4, 0.5) is 5.69 Å². The summed E-state index contributed by atoms with van der Waals surface area (Å²) in [5, 5.41) is 2.74. The van der Waals surface area contributed by atoms with Crippen LogP contribution >= 0.6 is 0 Å². The van der Waals surface area contributed by atoms with Crippen LogP contribution in [0.5, 0.6) is 17.2 Å². The van der Waals surface area contributed by atoms with Gasteiger partial charge in [0, 0.05) is 19.2 Å². The lowest BCUT2D eigenvalue weighted by atomic mass is 10.1. The molecule has 2 aromatic carbocycles. The molecular weight excluding hydrogens is 408 g/mol. The average Bonchev–Trinajstić information content (AvgIpc) is 2.79. The molecule has 0 spiro atoms. The van der Waals surface area contributed by atoms with Crippen LogP contribution in [0.3, 0.4) is 0 Å². The maximum Gasteiger partial charge on any atom is 0.259 e. The number of methoxy groups -OCH3 is 3. The van der Waals surface area contributed by atoms with Gasteiger partial charge in [-0.05, 0) is 43.2 Å². The highest BCUT2D eigenvalue weighted by molar-refractivity contribution is 7.89. The molecule has 9 heteroatoms. The second kappa shape index (κ2) is 9.36. The van der Waals surface area contributed by atoms with E-state index in [0.29, 0.717) is 30.3 Å². The maximum absolute atomic E-state index is 13.0. The number of nitrogens with one attached hydrogen (secondary N) is 1. The highest BCUT2D eigenvalue weighted by Crippen LogP contribution is 2.31. The summed E-state index contributed by atoms with van der Waals surface area (Å²) in [7, 11) is 0.787. The van der Waals surface area contributed by atoms with E-state index < -0.39 is 15.9 Å². The lowest BCUT2D eigenvalue weighted by Crippen LogP contribution is -2.35. The molecule has 162 valence electrons. The van der Waals surface area contributed by atoms with Crippen molar-refractivity contribution in [3.05, 3.63) is 42.0 Å². The Labute approximate surface area is 176 Å². The number of hydrogen-bond acceptors (Lipinski definition) is 6. The SMILES string of the molecule is COc1ccc(C(=O)Nc2cc(S(=O)(=O)N3CCCCC3)ccc2OC)c(OC)c1. The maximum atomic E-state index is 13.0. The zero-order valence-electron chi connectivity index (χ0n) is 17.3. The van der Waals surface area contributed by atoms with Gasteiger partial charge in [-0.15, -0.1) is 0 Å². The lowest BCUT2D eigenvalue weighted by Gasteiger charge is -2.26. The molecule has 0 atom stereocenters. The molecule has 3 rings (SSSR count). The van der Waals surface area contributed by atoms with Crippen LogP contribution in [0.25, 0.3) is 0 Å². The van der Waals surface area contributed by atoms with E-state index in [1.807, 2.05) is 0 Å². The van der Waals surface area contributed by atoms with Gasteiger partial charge < -0.3 is 19.5 Å². The van der Waals surface area contributed by atoms with Gasteiger partial charge in [-0.1, -0.05) is 6.42 Å². The molecule has 1 aliphatic rings. The third-order valence-corrected chi connectivity index (χ3v) is 6.92. The molecule has 8 nitrogen and oxygen atoms in total. The van der Waals surface area contributed by atoms with Gasteiger partial charge >= 0.3 is 0 Å². The second-order valence-electron chi connectivity index (χ2n) is 6.85. The van der Waals surface area contributed by atoms with Crippen molar-refractivity contribution in [3.8, 4) is 17.2 Å². The Balaban J connectivity index is 1.92. The number of hydrogen-bond donors (Lipinski definition) is 1. The number of carbonyl (C=O) groups excluding carboxylic acids is 1. The molecule has 1 fully saturated rings. The van der Waals surface area contributed by atoms with E-state index >= 15 is 0 Å². The van der Waals surface area contributed by atoms with Crippen LogP contribution in [-0.4, -0.2) is 53.0 Å². The minimum absolute atomic E-state index is 0.113. The number of rotatable bonds is 7. The van der Waals surface area contributed by atoms with Gasteiger partial charge in [0.2, 0.25) is 10.0 Å². The first-order valence-corrected chi connectivity index (χ1v) is 11.1. The molecule has 1 amide bonds. The van der Waals surface area contributed by atoms with Crippen molar-refractivity contribution in [1.29, 1.82) is 0 Å². The van der Waals surface area contributed by atoms with Crippen molar-refractivity contribution in [2.24, 2.45) is 0 Å². The Kier molecular flexibility index (Phi) is 6.84. The summed E-state index contributed by atoms with van der Waals surface area (Å²) in [5.74, 6) is 0.784. The number of carbonyl (C=O) groups is 1. The first-order valence-electron chi connectivity index (χ1n) is 9.62. The van der Waals surface area contributed by atoms with Crippen molar-refractivity contribution < 1.29 is 27.4 Å². The smallest absolute Gasteiger partial charge is 0.259 e. The summed E-state index contributed by atoms with van der Waals surface area (Å²) in [4.78, 5) is 13.0. The monoisotopic (exact) mass is 434 g/mol. The Morgan fingerprint density at radius 2 is 1.60 bits per heavy atom. The van der Waals surface area contributed by atoms with E-state index in [2.05, 4.69) is 5.32 Å². The van der Waals surface area contributed by atoms with Gasteiger partial charge in [0.05, 0.1) is 37.5 Å². The molecule has 0 saturated carbocycles. The van der Waals surface area contributed by atoms with Gasteiger partial charge in [-0.3, -0.25) is 4.79 Å². The molecule has 0 aliphatic carbocycles. The Morgan fingerprint density at radius 3 is 2.23 bits per heavy atom. The van der Waals surface area contributed by atoms with Crippen LogP contribution in [0.15, 0.2) is 41.3 Å². The summed E-state index contributed by atoms with van der Waals surface area (Å²) >= 11 is 0. The Morgan fingerprint density at radius 1 is 0.900 bits per heavy atom. The molecule has 30 heavy (non-hydrogen) atoms. The molecule has 2 aromatic rings. The molecular formula is C21H26N2O6S. The van der Waals surface area contributed by atoms with E-state index in [-0.39, 0.29) is 16.1 Å². The predicted molar refractivity (Wildman–Crippen MR) is 113 cm³/mol. The fourth-order valence-corrected chi connectivity index (χ4v) is 4.92. The standard InChI is InChI=1S/C21H26N2O6S/c1-27-15-7-9-17(20(13-15)29-3)21(24)22-18-14-16(8-10-19(18)28-2)30(25,26)23-11-5-4-6-12-23/h7-10,13-14H,4-6,11-12H2,1-3H3,(H,22,24). The summed E-state index contributed by atoms with van der Waals surface area (Å²) in [6.07, 6.45) is 2.71. The third-order valence-electron chi connectivity index (χ3n) is 5.03. The van der Waals surface area contributed by atoms with Crippen molar-refractivity contribution in [2.45, 2.75) is 24.2 Å². The van der Waals surface area contributed by atoms with Crippen molar-refractivity contribution in [3.63, 3.8) is 0 Å². The number of nitrogens with zero attached hydrogens (tertiary/aromatic N) is 1. The predicted octanol–water partition coefficient (Wildman–Crippen LogP) is 3.14. The Hall–Kier alpha value is -2.78. The van der Waals surface area contributed by atoms with Crippen LogP contribution in [0, 0.1) is 0 Å². The molecule has 0 aromatic heterocycles. The highest BCUT2D eigenvalue weighted by atomic mass is 32.2. The average molecular weight is 435 g/mol. The molecule has 0 bridgehead atoms. The number of sulfonamides is 1. The first-order chi connectivity index (χ1) is 14.4.